The van der Waals surface area contributed by atoms with E-state index >= 15 is 0 Å². The zero-order valence-electron chi connectivity index (χ0n) is 25.3. The fourth-order valence-corrected chi connectivity index (χ4v) is 7.34. The molecular weight excluding hydrogens is 574 g/mol. The summed E-state index contributed by atoms with van der Waals surface area (Å²) in [6.07, 6.45) is 2.18. The summed E-state index contributed by atoms with van der Waals surface area (Å²) in [4.78, 5) is 18.9. The maximum Gasteiger partial charge on any atom is 0.163 e. The molecule has 1 atom stereocenters. The first-order chi connectivity index (χ1) is 23.3. The molecule has 0 fully saturated rings. The fraction of sp³-hybridized carbons (Fsp3) is 0.0238. The predicted octanol–water partition coefficient (Wildman–Crippen LogP) is 9.94. The van der Waals surface area contributed by atoms with Crippen LogP contribution in [0.3, 0.4) is 0 Å². The minimum Gasteiger partial charge on any atom is -0.354 e. The van der Waals surface area contributed by atoms with Gasteiger partial charge in [0.15, 0.2) is 11.6 Å². The van der Waals surface area contributed by atoms with Crippen LogP contribution in [0.2, 0.25) is 0 Å². The van der Waals surface area contributed by atoms with Crippen molar-refractivity contribution in [3.8, 4) is 39.6 Å². The summed E-state index contributed by atoms with van der Waals surface area (Å²) in [7, 11) is 0. The normalized spacial score (nSPS) is 13.7. The van der Waals surface area contributed by atoms with Crippen molar-refractivity contribution < 1.29 is 0 Å². The quantitative estimate of drug-likeness (QED) is 0.218. The van der Waals surface area contributed by atoms with Gasteiger partial charge in [0.25, 0.3) is 0 Å². The summed E-state index contributed by atoms with van der Waals surface area (Å²) in [6, 6.07) is 51.0. The van der Waals surface area contributed by atoms with Gasteiger partial charge in [-0.25, -0.2) is 15.0 Å². The Hall–Kier alpha value is -6.33. The van der Waals surface area contributed by atoms with Crippen molar-refractivity contribution in [1.82, 2.24) is 24.5 Å². The Morgan fingerprint density at radius 1 is 0.511 bits per heavy atom. The van der Waals surface area contributed by atoms with Crippen molar-refractivity contribution >= 4 is 32.7 Å². The van der Waals surface area contributed by atoms with Gasteiger partial charge in [0.05, 0.1) is 17.0 Å². The molecule has 6 aromatic carbocycles. The average Bonchev–Trinajstić information content (AvgIpc) is 3.84. The van der Waals surface area contributed by atoms with Gasteiger partial charge in [0.2, 0.25) is 0 Å². The lowest BCUT2D eigenvalue weighted by atomic mass is 9.95. The van der Waals surface area contributed by atoms with Crippen LogP contribution in [0, 0.1) is 0 Å². The van der Waals surface area contributed by atoms with E-state index in [2.05, 4.69) is 125 Å². The number of rotatable bonds is 4. The zero-order chi connectivity index (χ0) is 30.9. The molecule has 1 aliphatic carbocycles. The molecule has 1 N–H and O–H groups in total. The minimum absolute atomic E-state index is 0.115. The predicted molar refractivity (Wildman–Crippen MR) is 190 cm³/mol. The van der Waals surface area contributed by atoms with E-state index < -0.39 is 0 Å². The van der Waals surface area contributed by atoms with E-state index in [0.29, 0.717) is 11.6 Å². The number of hydrogen-bond donors (Lipinski definition) is 1. The molecule has 0 saturated carbocycles. The molecule has 220 valence electrons. The molecule has 10 rings (SSSR count). The number of aromatic amines is 1. The molecule has 1 aliphatic rings. The number of fused-ring (bicyclic) bond motifs is 8. The standard InChI is InChI=1S/C42H27N5/c1-3-11-26(12-4-1)40-44-41(27-13-5-2-6-14-27)46-42(45-40)38-31-17-8-7-15-29(31)35-25-28(19-20-32(35)38)47-24-23-34-37(47)22-21-33-30-16-9-10-18-36(30)43-39(33)34/h1-25,38,43H. The number of H-pyrrole nitrogens is 1. The van der Waals surface area contributed by atoms with Crippen molar-refractivity contribution in [2.24, 2.45) is 0 Å². The molecule has 0 amide bonds. The lowest BCUT2D eigenvalue weighted by molar-refractivity contribution is 0.855. The SMILES string of the molecule is c1ccc(-c2nc(-c3ccccc3)nc(C3c4ccccc4-c4cc(-n5ccc6c7[nH]c8ccccc8c7ccc65)ccc43)n2)cc1. The highest BCUT2D eigenvalue weighted by Gasteiger charge is 2.33. The second-order valence-corrected chi connectivity index (χ2v) is 12.1. The Bertz CT molecular complexity index is 2580. The van der Waals surface area contributed by atoms with E-state index in [1.54, 1.807) is 0 Å². The van der Waals surface area contributed by atoms with Crippen LogP contribution < -0.4 is 0 Å². The minimum atomic E-state index is -0.115. The first kappa shape index (κ1) is 25.9. The van der Waals surface area contributed by atoms with Gasteiger partial charge in [-0.05, 0) is 52.6 Å². The number of hydrogen-bond acceptors (Lipinski definition) is 3. The number of aromatic nitrogens is 5. The van der Waals surface area contributed by atoms with Gasteiger partial charge < -0.3 is 9.55 Å². The van der Waals surface area contributed by atoms with Crippen LogP contribution in [0.5, 0.6) is 0 Å². The van der Waals surface area contributed by atoms with E-state index in [9.17, 15) is 0 Å². The van der Waals surface area contributed by atoms with Crippen LogP contribution in [0.25, 0.3) is 72.3 Å². The summed E-state index contributed by atoms with van der Waals surface area (Å²) in [6.45, 7) is 0. The topological polar surface area (TPSA) is 59.4 Å². The van der Waals surface area contributed by atoms with E-state index in [-0.39, 0.29) is 5.92 Å². The Balaban J connectivity index is 1.14. The third-order valence-electron chi connectivity index (χ3n) is 9.51. The van der Waals surface area contributed by atoms with Gasteiger partial charge >= 0.3 is 0 Å². The highest BCUT2D eigenvalue weighted by atomic mass is 15.0. The number of nitrogens with zero attached hydrogens (tertiary/aromatic N) is 4. The molecule has 5 heteroatoms. The molecule has 0 aliphatic heterocycles. The van der Waals surface area contributed by atoms with Crippen LogP contribution in [-0.4, -0.2) is 24.5 Å². The number of benzene rings is 6. The Morgan fingerprint density at radius 2 is 1.19 bits per heavy atom. The number of para-hydroxylation sites is 1. The van der Waals surface area contributed by atoms with E-state index in [4.69, 9.17) is 15.0 Å². The van der Waals surface area contributed by atoms with Gasteiger partial charge in [0, 0.05) is 44.7 Å². The lowest BCUT2D eigenvalue weighted by Gasteiger charge is -2.15. The van der Waals surface area contributed by atoms with Crippen molar-refractivity contribution in [3.05, 3.63) is 169 Å². The lowest BCUT2D eigenvalue weighted by Crippen LogP contribution is -2.09. The van der Waals surface area contributed by atoms with Gasteiger partial charge in [-0.15, -0.1) is 0 Å². The van der Waals surface area contributed by atoms with Gasteiger partial charge in [-0.2, -0.15) is 0 Å². The Labute approximate surface area is 270 Å². The van der Waals surface area contributed by atoms with Crippen molar-refractivity contribution in [3.63, 3.8) is 0 Å². The largest absolute Gasteiger partial charge is 0.354 e. The van der Waals surface area contributed by atoms with E-state index in [1.165, 1.54) is 49.4 Å². The maximum atomic E-state index is 5.14. The summed E-state index contributed by atoms with van der Waals surface area (Å²) in [5.74, 6) is 2.00. The fourth-order valence-electron chi connectivity index (χ4n) is 7.34. The van der Waals surface area contributed by atoms with E-state index in [0.717, 1.165) is 28.2 Å². The van der Waals surface area contributed by atoms with E-state index in [1.807, 2.05) is 36.4 Å². The second kappa shape index (κ2) is 10.1. The summed E-state index contributed by atoms with van der Waals surface area (Å²) >= 11 is 0. The van der Waals surface area contributed by atoms with Crippen molar-refractivity contribution in [1.29, 1.82) is 0 Å². The van der Waals surface area contributed by atoms with Crippen LogP contribution >= 0.6 is 0 Å². The molecule has 1 unspecified atom stereocenters. The molecule has 0 radical (unpaired) electrons. The number of nitrogens with one attached hydrogen (secondary N) is 1. The van der Waals surface area contributed by atoms with Crippen LogP contribution in [0.4, 0.5) is 0 Å². The van der Waals surface area contributed by atoms with Gasteiger partial charge in [-0.3, -0.25) is 0 Å². The third-order valence-corrected chi connectivity index (χ3v) is 9.51. The molecule has 0 spiro atoms. The van der Waals surface area contributed by atoms with Crippen LogP contribution in [0.15, 0.2) is 152 Å². The molecule has 3 aromatic heterocycles. The maximum absolute atomic E-state index is 5.14. The monoisotopic (exact) mass is 601 g/mol. The average molecular weight is 602 g/mol. The Kier molecular flexibility index (Phi) is 5.57. The van der Waals surface area contributed by atoms with Crippen LogP contribution in [0.1, 0.15) is 22.9 Å². The first-order valence-corrected chi connectivity index (χ1v) is 15.9. The van der Waals surface area contributed by atoms with Crippen LogP contribution in [-0.2, 0) is 0 Å². The third kappa shape index (κ3) is 4.00. The summed E-state index contributed by atoms with van der Waals surface area (Å²) in [5, 5.41) is 3.71. The van der Waals surface area contributed by atoms with Crippen molar-refractivity contribution in [2.75, 3.05) is 0 Å². The smallest absolute Gasteiger partial charge is 0.163 e. The van der Waals surface area contributed by atoms with Gasteiger partial charge in [-0.1, -0.05) is 115 Å². The second-order valence-electron chi connectivity index (χ2n) is 12.1. The highest BCUT2D eigenvalue weighted by molar-refractivity contribution is 6.16. The molecule has 3 heterocycles. The van der Waals surface area contributed by atoms with Crippen molar-refractivity contribution in [2.45, 2.75) is 5.92 Å². The molecule has 5 nitrogen and oxygen atoms in total. The zero-order valence-corrected chi connectivity index (χ0v) is 25.3. The summed E-state index contributed by atoms with van der Waals surface area (Å²) in [5.41, 5.74) is 11.4. The molecular formula is C42H27N5. The summed E-state index contributed by atoms with van der Waals surface area (Å²) < 4.78 is 2.29. The van der Waals surface area contributed by atoms with Gasteiger partial charge in [0.1, 0.15) is 5.82 Å². The first-order valence-electron chi connectivity index (χ1n) is 15.9. The highest BCUT2D eigenvalue weighted by Crippen LogP contribution is 2.48. The Morgan fingerprint density at radius 3 is 1.98 bits per heavy atom. The molecule has 9 aromatic rings. The molecule has 0 saturated heterocycles. The molecule has 0 bridgehead atoms. The molecule has 47 heavy (non-hydrogen) atoms.